The molecule has 7 rings (SSSR count). The Labute approximate surface area is 264 Å². The number of aromatic nitrogens is 1. The number of fused-ring (bicyclic) bond motifs is 5. The molecule has 0 spiro atoms. The molecule has 4 saturated carbocycles. The second-order valence-corrected chi connectivity index (χ2v) is 15.0. The van der Waals surface area contributed by atoms with Crippen LogP contribution in [-0.4, -0.2) is 86.1 Å². The Morgan fingerprint density at radius 2 is 1.84 bits per heavy atom. The highest BCUT2D eigenvalue weighted by Crippen LogP contribution is 2.70. The van der Waals surface area contributed by atoms with Crippen molar-refractivity contribution in [3.8, 4) is 0 Å². The van der Waals surface area contributed by atoms with Crippen molar-refractivity contribution in [2.24, 2.45) is 33.6 Å². The lowest BCUT2D eigenvalue weighted by atomic mass is 9.41. The molecule has 0 aromatic carbocycles. The summed E-state index contributed by atoms with van der Waals surface area (Å²) in [6.45, 7) is 4.73. The van der Waals surface area contributed by atoms with Crippen molar-refractivity contribution in [3.63, 3.8) is 0 Å². The Morgan fingerprint density at radius 1 is 1.07 bits per heavy atom. The molecule has 0 amide bonds. The highest BCUT2D eigenvalue weighted by Gasteiger charge is 2.71. The van der Waals surface area contributed by atoms with Crippen LogP contribution >= 0.6 is 0 Å². The van der Waals surface area contributed by atoms with Crippen LogP contribution in [0.2, 0.25) is 0 Å². The van der Waals surface area contributed by atoms with Crippen LogP contribution in [0.4, 0.5) is 0 Å². The van der Waals surface area contributed by atoms with Gasteiger partial charge in [-0.2, -0.15) is 0 Å². The van der Waals surface area contributed by atoms with E-state index in [1.165, 1.54) is 0 Å². The smallest absolute Gasteiger partial charge is 0.331 e. The molecule has 5 fully saturated rings. The molecule has 246 valence electrons. The van der Waals surface area contributed by atoms with Crippen LogP contribution in [0.3, 0.4) is 0 Å². The lowest BCUT2D eigenvalue weighted by Gasteiger charge is -2.66. The van der Waals surface area contributed by atoms with E-state index in [0.29, 0.717) is 51.7 Å². The van der Waals surface area contributed by atoms with Gasteiger partial charge in [-0.3, -0.25) is 9.98 Å². The minimum atomic E-state index is -1.09. The van der Waals surface area contributed by atoms with Crippen molar-refractivity contribution in [3.05, 3.63) is 41.7 Å². The number of carbonyl (C=O) groups is 1. The van der Waals surface area contributed by atoms with E-state index in [4.69, 9.17) is 19.2 Å². The van der Waals surface area contributed by atoms with Gasteiger partial charge in [0.1, 0.15) is 12.7 Å². The molecule has 2 aliphatic heterocycles. The summed E-state index contributed by atoms with van der Waals surface area (Å²) in [7, 11) is 0. The number of rotatable bonds is 6. The molecule has 10 nitrogen and oxygen atoms in total. The number of esters is 1. The van der Waals surface area contributed by atoms with E-state index in [0.717, 1.165) is 30.4 Å². The fourth-order valence-corrected chi connectivity index (χ4v) is 10.6. The van der Waals surface area contributed by atoms with Crippen molar-refractivity contribution >= 4 is 12.2 Å². The first kappa shape index (κ1) is 31.4. The summed E-state index contributed by atoms with van der Waals surface area (Å²) in [5.41, 5.74) is -0.971. The van der Waals surface area contributed by atoms with Crippen LogP contribution in [0.25, 0.3) is 0 Å². The number of aliphatic imine (C=N–C) groups is 1. The topological polar surface area (TPSA) is 151 Å². The Kier molecular flexibility index (Phi) is 8.02. The van der Waals surface area contributed by atoms with Gasteiger partial charge in [0.15, 0.2) is 6.29 Å². The molecule has 4 aliphatic carbocycles. The molecule has 3 heterocycles. The second kappa shape index (κ2) is 11.5. The lowest BCUT2D eigenvalue weighted by Crippen LogP contribution is -2.69. The highest BCUT2D eigenvalue weighted by atomic mass is 16.7. The van der Waals surface area contributed by atoms with E-state index < -0.39 is 41.2 Å². The molecule has 45 heavy (non-hydrogen) atoms. The monoisotopic (exact) mass is 624 g/mol. The number of ether oxygens (including phenoxy) is 3. The Hall–Kier alpha value is -2.21. The van der Waals surface area contributed by atoms with Crippen LogP contribution in [0, 0.1) is 28.6 Å². The fourth-order valence-electron chi connectivity index (χ4n) is 10.6. The van der Waals surface area contributed by atoms with E-state index in [-0.39, 0.29) is 41.7 Å². The summed E-state index contributed by atoms with van der Waals surface area (Å²) in [5.74, 6) is -0.164. The summed E-state index contributed by atoms with van der Waals surface area (Å²) in [4.78, 5) is 21.1. The van der Waals surface area contributed by atoms with E-state index in [1.807, 2.05) is 18.3 Å². The van der Waals surface area contributed by atoms with Crippen molar-refractivity contribution < 1.29 is 39.4 Å². The van der Waals surface area contributed by atoms with Gasteiger partial charge in [-0.15, -0.1) is 0 Å². The molecule has 9 unspecified atom stereocenters. The number of aliphatic hydroxyl groups excluding tert-OH is 2. The molecule has 1 saturated heterocycles. The second-order valence-electron chi connectivity index (χ2n) is 15.0. The van der Waals surface area contributed by atoms with Crippen LogP contribution < -0.4 is 0 Å². The maximum Gasteiger partial charge on any atom is 0.331 e. The van der Waals surface area contributed by atoms with Gasteiger partial charge >= 0.3 is 5.97 Å². The van der Waals surface area contributed by atoms with Gasteiger partial charge < -0.3 is 34.6 Å². The summed E-state index contributed by atoms with van der Waals surface area (Å²) in [6, 6.07) is 3.90. The number of pyridine rings is 1. The number of hydrogen-bond acceptors (Lipinski definition) is 10. The van der Waals surface area contributed by atoms with Crippen molar-refractivity contribution in [2.45, 2.75) is 127 Å². The Morgan fingerprint density at radius 3 is 2.58 bits per heavy atom. The van der Waals surface area contributed by atoms with Gasteiger partial charge in [0.2, 0.25) is 0 Å². The van der Waals surface area contributed by atoms with Crippen LogP contribution in [0.5, 0.6) is 0 Å². The molecule has 0 radical (unpaired) electrons. The zero-order valence-corrected chi connectivity index (χ0v) is 26.4. The van der Waals surface area contributed by atoms with E-state index in [1.54, 1.807) is 25.4 Å². The van der Waals surface area contributed by atoms with Gasteiger partial charge in [0.05, 0.1) is 36.1 Å². The Bertz CT molecular complexity index is 1330. The first-order valence-corrected chi connectivity index (χ1v) is 16.9. The zero-order chi connectivity index (χ0) is 31.6. The number of nitrogens with zero attached hydrogens (tertiary/aromatic N) is 2. The summed E-state index contributed by atoms with van der Waals surface area (Å²) in [5, 5.41) is 45.9. The van der Waals surface area contributed by atoms with Gasteiger partial charge in [-0.05, 0) is 99.3 Å². The predicted molar refractivity (Wildman–Crippen MR) is 164 cm³/mol. The number of cyclic esters (lactones) is 1. The average Bonchev–Trinajstić information content (AvgIpc) is 3.56. The SMILES string of the molecule is CC1OC(OC2CC[C@]3(C=NCc4ccncc4)[C@H]4CC[C@]5(C)C(C6=CC(=O)OC6)CCC5(O)C4CCC3(O)C2)CC(O)C1O. The minimum absolute atomic E-state index is 0.0100. The molecule has 1 aromatic rings. The van der Waals surface area contributed by atoms with Crippen molar-refractivity contribution in [1.29, 1.82) is 0 Å². The first-order chi connectivity index (χ1) is 21.5. The van der Waals surface area contributed by atoms with E-state index >= 15 is 0 Å². The standard InChI is InChI=1S/C35H48N2O8/c1-21-31(40)28(38)16-30(44-21)45-24-3-10-33(20-37-18-22-7-13-36-14-8-22)26-4-9-32(2)25(23-15-29(39)43-19-23)6-12-35(32,42)27(26)5-11-34(33,41)17-24/h7-8,13-15,20-21,24-28,30-31,38,40-42H,3-6,9-12,16-19H2,1-2H3/t21?,24?,25?,26-,27?,28?,30?,31?,32+,33-,34?,35?/m0/s1. The maximum atomic E-state index is 12.7. The molecular formula is C35H48N2O8. The molecule has 12 atom stereocenters. The van der Waals surface area contributed by atoms with Crippen molar-refractivity contribution in [1.82, 2.24) is 4.98 Å². The predicted octanol–water partition coefficient (Wildman–Crippen LogP) is 3.25. The number of aliphatic hydroxyl groups is 4. The molecule has 0 bridgehead atoms. The third-order valence-corrected chi connectivity index (χ3v) is 13.0. The maximum absolute atomic E-state index is 12.7. The highest BCUT2D eigenvalue weighted by molar-refractivity contribution is 5.85. The third-order valence-electron chi connectivity index (χ3n) is 13.0. The lowest BCUT2D eigenvalue weighted by molar-refractivity contribution is -0.282. The third kappa shape index (κ3) is 5.02. The van der Waals surface area contributed by atoms with E-state index in [9.17, 15) is 25.2 Å². The first-order valence-electron chi connectivity index (χ1n) is 16.9. The summed E-state index contributed by atoms with van der Waals surface area (Å²) >= 11 is 0. The normalized spacial score (nSPS) is 48.0. The van der Waals surface area contributed by atoms with Crippen LogP contribution in [0.1, 0.15) is 83.6 Å². The molecule has 4 N–H and O–H groups in total. The molecule has 6 aliphatic rings. The fraction of sp³-hybridized carbons (Fsp3) is 0.743. The number of hydrogen-bond donors (Lipinski definition) is 4. The number of carbonyl (C=O) groups excluding carboxylic acids is 1. The largest absolute Gasteiger partial charge is 0.458 e. The quantitative estimate of drug-likeness (QED) is 0.212. The minimum Gasteiger partial charge on any atom is -0.458 e. The summed E-state index contributed by atoms with van der Waals surface area (Å²) in [6.07, 6.45) is 10.2. The molecular weight excluding hydrogens is 576 g/mol. The molecule has 10 heteroatoms. The average molecular weight is 625 g/mol. The molecule has 1 aromatic heterocycles. The van der Waals surface area contributed by atoms with E-state index in [2.05, 4.69) is 11.9 Å². The van der Waals surface area contributed by atoms with Crippen molar-refractivity contribution in [2.75, 3.05) is 6.61 Å². The summed E-state index contributed by atoms with van der Waals surface area (Å²) < 4.78 is 17.5. The van der Waals surface area contributed by atoms with Gasteiger partial charge in [0, 0.05) is 48.4 Å². The van der Waals surface area contributed by atoms with Gasteiger partial charge in [-0.1, -0.05) is 6.92 Å². The Balaban J connectivity index is 1.17. The zero-order valence-electron chi connectivity index (χ0n) is 26.4. The van der Waals surface area contributed by atoms with Crippen LogP contribution in [-0.2, 0) is 25.5 Å². The van der Waals surface area contributed by atoms with Gasteiger partial charge in [-0.25, -0.2) is 4.79 Å². The van der Waals surface area contributed by atoms with Crippen LogP contribution in [0.15, 0.2) is 41.2 Å². The van der Waals surface area contributed by atoms with Gasteiger partial charge in [0.25, 0.3) is 0 Å².